The Morgan fingerprint density at radius 1 is 1.60 bits per heavy atom. The molecule has 0 spiro atoms. The second-order valence-corrected chi connectivity index (χ2v) is 3.67. The lowest BCUT2D eigenvalue weighted by atomic mass is 9.99. The number of carboxylic acid groups (broad SMARTS) is 1. The van der Waals surface area contributed by atoms with Gasteiger partial charge in [-0.15, -0.1) is 0 Å². The summed E-state index contributed by atoms with van der Waals surface area (Å²) in [4.78, 5) is 18.2. The minimum Gasteiger partial charge on any atom is -0.481 e. The van der Waals surface area contributed by atoms with E-state index in [0.29, 0.717) is 6.42 Å². The largest absolute Gasteiger partial charge is 0.481 e. The molecule has 1 unspecified atom stereocenters. The van der Waals surface area contributed by atoms with Crippen molar-refractivity contribution in [1.29, 1.82) is 0 Å². The maximum Gasteiger partial charge on any atom is 0.312 e. The fourth-order valence-electron chi connectivity index (χ4n) is 1.56. The summed E-state index contributed by atoms with van der Waals surface area (Å²) in [5.41, 5.74) is 0.729. The molecule has 1 heterocycles. The van der Waals surface area contributed by atoms with Crippen LogP contribution >= 0.6 is 0 Å². The summed E-state index contributed by atoms with van der Waals surface area (Å²) >= 11 is 0. The lowest BCUT2D eigenvalue weighted by Gasteiger charge is -2.08. The van der Waals surface area contributed by atoms with E-state index in [1.165, 1.54) is 0 Å². The van der Waals surface area contributed by atoms with Crippen molar-refractivity contribution in [1.82, 2.24) is 9.97 Å². The quantitative estimate of drug-likeness (QED) is 0.757. The summed E-state index contributed by atoms with van der Waals surface area (Å²) < 4.78 is 0. The highest BCUT2D eigenvalue weighted by molar-refractivity contribution is 5.75. The molecule has 2 N–H and O–H groups in total. The number of aryl methyl sites for hydroxylation is 1. The van der Waals surface area contributed by atoms with Gasteiger partial charge in [-0.1, -0.05) is 26.7 Å². The van der Waals surface area contributed by atoms with Crippen molar-refractivity contribution in [2.45, 2.75) is 45.4 Å². The molecule has 84 valence electrons. The van der Waals surface area contributed by atoms with Gasteiger partial charge in [0, 0.05) is 18.3 Å². The second kappa shape index (κ2) is 5.53. The average Bonchev–Trinajstić information content (AvgIpc) is 2.66. The Bertz CT molecular complexity index is 320. The van der Waals surface area contributed by atoms with Crippen LogP contribution < -0.4 is 0 Å². The molecule has 0 amide bonds. The Morgan fingerprint density at radius 2 is 2.33 bits per heavy atom. The van der Waals surface area contributed by atoms with Gasteiger partial charge in [-0.2, -0.15) is 0 Å². The number of unbranched alkanes of at least 4 members (excludes halogenated alkanes) is 1. The number of nitrogens with zero attached hydrogens (tertiary/aromatic N) is 1. The van der Waals surface area contributed by atoms with E-state index in [9.17, 15) is 4.79 Å². The van der Waals surface area contributed by atoms with Crippen LogP contribution in [0.3, 0.4) is 0 Å². The molecule has 0 radical (unpaired) electrons. The van der Waals surface area contributed by atoms with Crippen LogP contribution in [-0.4, -0.2) is 21.0 Å². The predicted molar refractivity (Wildman–Crippen MR) is 57.9 cm³/mol. The van der Waals surface area contributed by atoms with E-state index in [1.807, 2.05) is 6.92 Å². The third-order valence-electron chi connectivity index (χ3n) is 2.50. The summed E-state index contributed by atoms with van der Waals surface area (Å²) in [5.74, 6) is -0.347. The van der Waals surface area contributed by atoms with Gasteiger partial charge >= 0.3 is 5.97 Å². The first-order valence-corrected chi connectivity index (χ1v) is 5.45. The number of nitrogens with one attached hydrogen (secondary N) is 1. The maximum atomic E-state index is 11.1. The van der Waals surface area contributed by atoms with Crippen LogP contribution in [0.2, 0.25) is 0 Å². The van der Waals surface area contributed by atoms with Gasteiger partial charge < -0.3 is 10.1 Å². The first-order chi connectivity index (χ1) is 7.19. The van der Waals surface area contributed by atoms with Gasteiger partial charge in [0.15, 0.2) is 0 Å². The minimum absolute atomic E-state index is 0.433. The van der Waals surface area contributed by atoms with Crippen LogP contribution in [0.5, 0.6) is 0 Å². The van der Waals surface area contributed by atoms with Crippen molar-refractivity contribution >= 4 is 5.97 Å². The zero-order valence-corrected chi connectivity index (χ0v) is 9.29. The number of H-pyrrole nitrogens is 1. The summed E-state index contributed by atoms with van der Waals surface area (Å²) in [6.45, 7) is 4.05. The molecule has 0 saturated heterocycles. The van der Waals surface area contributed by atoms with Crippen molar-refractivity contribution in [2.24, 2.45) is 0 Å². The molecule has 0 fully saturated rings. The molecule has 0 aromatic carbocycles. The number of aromatic nitrogens is 2. The summed E-state index contributed by atoms with van der Waals surface area (Å²) in [6.07, 6.45) is 5.07. The molecule has 15 heavy (non-hydrogen) atoms. The summed E-state index contributed by atoms with van der Waals surface area (Å²) in [7, 11) is 0. The first-order valence-electron chi connectivity index (χ1n) is 5.45. The fraction of sp³-hybridized carbons (Fsp3) is 0.636. The molecule has 1 rings (SSSR count). The van der Waals surface area contributed by atoms with E-state index in [-0.39, 0.29) is 0 Å². The fourth-order valence-corrected chi connectivity index (χ4v) is 1.56. The number of hydrogen-bond donors (Lipinski definition) is 2. The zero-order valence-electron chi connectivity index (χ0n) is 9.29. The van der Waals surface area contributed by atoms with Gasteiger partial charge in [0.2, 0.25) is 0 Å². The molecule has 0 saturated carbocycles. The molecular formula is C11H18N2O2. The molecule has 0 aliphatic heterocycles. The number of carboxylic acids is 1. The topological polar surface area (TPSA) is 66.0 Å². The maximum absolute atomic E-state index is 11.1. The molecule has 1 aromatic heterocycles. The summed E-state index contributed by atoms with van der Waals surface area (Å²) in [6, 6.07) is 0. The SMILES string of the molecule is CCCCC(C(=O)O)c1cnc(CC)[nH]1. The lowest BCUT2D eigenvalue weighted by molar-refractivity contribution is -0.139. The third-order valence-corrected chi connectivity index (χ3v) is 2.50. The number of aromatic amines is 1. The standard InChI is InChI=1S/C11H18N2O2/c1-3-5-6-8(11(14)15)9-7-12-10(4-2)13-9/h7-8H,3-6H2,1-2H3,(H,12,13)(H,14,15). The number of hydrogen-bond acceptors (Lipinski definition) is 2. The Labute approximate surface area is 89.7 Å². The average molecular weight is 210 g/mol. The molecule has 0 aliphatic carbocycles. The van der Waals surface area contributed by atoms with Gasteiger partial charge in [0.25, 0.3) is 0 Å². The Kier molecular flexibility index (Phi) is 4.34. The van der Waals surface area contributed by atoms with Crippen molar-refractivity contribution < 1.29 is 9.90 Å². The monoisotopic (exact) mass is 210 g/mol. The molecule has 1 atom stereocenters. The van der Waals surface area contributed by atoms with Crippen LogP contribution in [-0.2, 0) is 11.2 Å². The Hall–Kier alpha value is -1.32. The molecule has 0 aliphatic rings. The normalized spacial score (nSPS) is 12.7. The third kappa shape index (κ3) is 3.08. The van der Waals surface area contributed by atoms with Crippen LogP contribution in [0.25, 0.3) is 0 Å². The summed E-state index contributed by atoms with van der Waals surface area (Å²) in [5, 5.41) is 9.09. The van der Waals surface area contributed by atoms with Crippen molar-refractivity contribution in [3.63, 3.8) is 0 Å². The van der Waals surface area contributed by atoms with Crippen LogP contribution in [0.4, 0.5) is 0 Å². The van der Waals surface area contributed by atoms with Crippen LogP contribution in [0, 0.1) is 0 Å². The van der Waals surface area contributed by atoms with Crippen LogP contribution in [0.1, 0.15) is 50.5 Å². The first kappa shape index (κ1) is 11.8. The lowest BCUT2D eigenvalue weighted by Crippen LogP contribution is -2.12. The van der Waals surface area contributed by atoms with Gasteiger partial charge in [-0.3, -0.25) is 4.79 Å². The number of carbonyl (C=O) groups is 1. The van der Waals surface area contributed by atoms with Crippen LogP contribution in [0.15, 0.2) is 6.20 Å². The van der Waals surface area contributed by atoms with Crippen molar-refractivity contribution in [2.75, 3.05) is 0 Å². The van der Waals surface area contributed by atoms with E-state index in [0.717, 1.165) is 30.8 Å². The zero-order chi connectivity index (χ0) is 11.3. The van der Waals surface area contributed by atoms with Crippen molar-refractivity contribution in [3.05, 3.63) is 17.7 Å². The second-order valence-electron chi connectivity index (χ2n) is 3.67. The van der Waals surface area contributed by atoms with Gasteiger partial charge in [0.05, 0.1) is 5.92 Å². The number of rotatable bonds is 6. The molecular weight excluding hydrogens is 192 g/mol. The van der Waals surface area contributed by atoms with E-state index in [1.54, 1.807) is 6.20 Å². The highest BCUT2D eigenvalue weighted by atomic mass is 16.4. The molecule has 4 heteroatoms. The van der Waals surface area contributed by atoms with Gasteiger partial charge in [-0.05, 0) is 6.42 Å². The van der Waals surface area contributed by atoms with Crippen molar-refractivity contribution in [3.8, 4) is 0 Å². The highest BCUT2D eigenvalue weighted by Gasteiger charge is 2.20. The van der Waals surface area contributed by atoms with Gasteiger partial charge in [-0.25, -0.2) is 4.98 Å². The predicted octanol–water partition coefficient (Wildman–Crippen LogP) is 2.33. The Morgan fingerprint density at radius 3 is 2.80 bits per heavy atom. The van der Waals surface area contributed by atoms with E-state index >= 15 is 0 Å². The molecule has 0 bridgehead atoms. The minimum atomic E-state index is -0.769. The van der Waals surface area contributed by atoms with E-state index in [2.05, 4.69) is 16.9 Å². The smallest absolute Gasteiger partial charge is 0.312 e. The van der Waals surface area contributed by atoms with E-state index < -0.39 is 11.9 Å². The molecule has 1 aromatic rings. The number of imidazole rings is 1. The highest BCUT2D eigenvalue weighted by Crippen LogP contribution is 2.20. The molecule has 4 nitrogen and oxygen atoms in total. The Balaban J connectivity index is 2.74. The van der Waals surface area contributed by atoms with E-state index in [4.69, 9.17) is 5.11 Å². The number of aliphatic carboxylic acids is 1. The van der Waals surface area contributed by atoms with Gasteiger partial charge in [0.1, 0.15) is 5.82 Å².